The Morgan fingerprint density at radius 2 is 1.83 bits per heavy atom. The van der Waals surface area contributed by atoms with Crippen LogP contribution in [0.2, 0.25) is 0 Å². The first-order chi connectivity index (χ1) is 17.4. The Morgan fingerprint density at radius 1 is 1.11 bits per heavy atom. The molecule has 1 saturated carbocycles. The lowest BCUT2D eigenvalue weighted by atomic mass is 10.1. The standard InChI is InChI=1S/C25H24N6O5/c1-2-31-21-20(23(33)30-25(31)35)18(12-19(29-21)14-5-6-14)22(32)27-15-7-9-16(10-8-15)28-24(34)26-13-17-4-3-11-36-17/h3-4,7-12,14H,2,5-6,13H2,1H3,(H,27,32)(H2,26,28,34)(H,30,33,35). The molecule has 0 radical (unpaired) electrons. The molecule has 1 fully saturated rings. The molecule has 11 nitrogen and oxygen atoms in total. The van der Waals surface area contributed by atoms with Crippen molar-refractivity contribution in [3.05, 3.63) is 86.6 Å². The molecule has 1 aliphatic rings. The number of rotatable bonds is 7. The van der Waals surface area contributed by atoms with E-state index in [-0.39, 0.29) is 29.1 Å². The van der Waals surface area contributed by atoms with Gasteiger partial charge in [0.05, 0.1) is 23.8 Å². The SMILES string of the molecule is CCn1c(=O)[nH]c(=O)c2c(C(=O)Nc3ccc(NC(=O)NCc4ccco4)cc3)cc(C3CC3)nc21. The summed E-state index contributed by atoms with van der Waals surface area (Å²) in [7, 11) is 0. The average Bonchev–Trinajstić information content (AvgIpc) is 3.58. The molecule has 11 heteroatoms. The zero-order chi connectivity index (χ0) is 25.2. The van der Waals surface area contributed by atoms with Crippen LogP contribution in [0.25, 0.3) is 11.0 Å². The number of aromatic nitrogens is 3. The summed E-state index contributed by atoms with van der Waals surface area (Å²) >= 11 is 0. The van der Waals surface area contributed by atoms with E-state index < -0.39 is 23.2 Å². The number of carbonyl (C=O) groups excluding carboxylic acids is 2. The summed E-state index contributed by atoms with van der Waals surface area (Å²) in [4.78, 5) is 57.1. The van der Waals surface area contributed by atoms with Gasteiger partial charge in [-0.1, -0.05) is 0 Å². The van der Waals surface area contributed by atoms with Crippen molar-refractivity contribution in [3.63, 3.8) is 0 Å². The highest BCUT2D eigenvalue weighted by atomic mass is 16.3. The van der Waals surface area contributed by atoms with Crippen LogP contribution in [0.4, 0.5) is 16.2 Å². The monoisotopic (exact) mass is 488 g/mol. The highest BCUT2D eigenvalue weighted by molar-refractivity contribution is 6.12. The second-order valence-electron chi connectivity index (χ2n) is 8.49. The number of nitrogens with zero attached hydrogens (tertiary/aromatic N) is 2. The van der Waals surface area contributed by atoms with Gasteiger partial charge in [0.2, 0.25) is 0 Å². The molecule has 0 unspecified atom stereocenters. The number of furan rings is 1. The van der Waals surface area contributed by atoms with Crippen molar-refractivity contribution in [2.45, 2.75) is 38.8 Å². The van der Waals surface area contributed by atoms with Crippen molar-refractivity contribution < 1.29 is 14.0 Å². The second-order valence-corrected chi connectivity index (χ2v) is 8.49. The molecular formula is C25H24N6O5. The minimum atomic E-state index is -0.653. The molecular weight excluding hydrogens is 464 g/mol. The molecule has 0 bridgehead atoms. The lowest BCUT2D eigenvalue weighted by Crippen LogP contribution is -2.32. The Hall–Kier alpha value is -4.67. The molecule has 36 heavy (non-hydrogen) atoms. The van der Waals surface area contributed by atoms with E-state index >= 15 is 0 Å². The fraction of sp³-hybridized carbons (Fsp3) is 0.240. The fourth-order valence-electron chi connectivity index (χ4n) is 3.95. The number of aryl methyl sites for hydroxylation is 1. The van der Waals surface area contributed by atoms with Crippen LogP contribution < -0.4 is 27.2 Å². The van der Waals surface area contributed by atoms with E-state index in [1.165, 1.54) is 10.8 Å². The number of fused-ring (bicyclic) bond motifs is 1. The average molecular weight is 489 g/mol. The molecule has 3 aromatic heterocycles. The maximum absolute atomic E-state index is 13.3. The number of H-pyrrole nitrogens is 1. The van der Waals surface area contributed by atoms with Crippen LogP contribution in [0.3, 0.4) is 0 Å². The molecule has 0 aliphatic heterocycles. The van der Waals surface area contributed by atoms with Gasteiger partial charge in [-0.2, -0.15) is 0 Å². The lowest BCUT2D eigenvalue weighted by Gasteiger charge is -2.13. The van der Waals surface area contributed by atoms with Crippen molar-refractivity contribution in [2.75, 3.05) is 10.6 Å². The number of benzene rings is 1. The van der Waals surface area contributed by atoms with Crippen molar-refractivity contribution in [2.24, 2.45) is 0 Å². The van der Waals surface area contributed by atoms with Crippen LogP contribution in [-0.2, 0) is 13.1 Å². The van der Waals surface area contributed by atoms with Crippen LogP contribution in [0, 0.1) is 0 Å². The first-order valence-electron chi connectivity index (χ1n) is 11.6. The van der Waals surface area contributed by atoms with Crippen LogP contribution in [-0.4, -0.2) is 26.5 Å². The van der Waals surface area contributed by atoms with Crippen LogP contribution in [0.1, 0.15) is 47.5 Å². The Bertz CT molecular complexity index is 1550. The first kappa shape index (κ1) is 23.1. The predicted octanol–water partition coefficient (Wildman–Crippen LogP) is 3.15. The molecule has 4 N–H and O–H groups in total. The predicted molar refractivity (Wildman–Crippen MR) is 133 cm³/mol. The van der Waals surface area contributed by atoms with E-state index in [1.807, 2.05) is 0 Å². The summed E-state index contributed by atoms with van der Waals surface area (Å²) in [6.45, 7) is 2.33. The first-order valence-corrected chi connectivity index (χ1v) is 11.6. The van der Waals surface area contributed by atoms with Crippen LogP contribution >= 0.6 is 0 Å². The van der Waals surface area contributed by atoms with Gasteiger partial charge in [-0.15, -0.1) is 0 Å². The normalized spacial score (nSPS) is 12.9. The number of amides is 3. The maximum atomic E-state index is 13.3. The summed E-state index contributed by atoms with van der Waals surface area (Å²) in [6.07, 6.45) is 3.42. The topological polar surface area (TPSA) is 151 Å². The number of pyridine rings is 1. The highest BCUT2D eigenvalue weighted by Gasteiger charge is 2.28. The van der Waals surface area contributed by atoms with Crippen LogP contribution in [0.5, 0.6) is 0 Å². The van der Waals surface area contributed by atoms with Crippen molar-refractivity contribution in [1.29, 1.82) is 0 Å². The third kappa shape index (κ3) is 4.76. The minimum absolute atomic E-state index is 0.0739. The molecule has 0 atom stereocenters. The number of urea groups is 1. The smallest absolute Gasteiger partial charge is 0.329 e. The fourth-order valence-corrected chi connectivity index (χ4v) is 3.95. The minimum Gasteiger partial charge on any atom is -0.467 e. The molecule has 4 aromatic rings. The van der Waals surface area contributed by atoms with Gasteiger partial charge in [0.1, 0.15) is 5.76 Å². The molecule has 3 amide bonds. The number of aromatic amines is 1. The van der Waals surface area contributed by atoms with Gasteiger partial charge in [-0.25, -0.2) is 14.6 Å². The molecule has 184 valence electrons. The quantitative estimate of drug-likeness (QED) is 0.314. The molecule has 5 rings (SSSR count). The van der Waals surface area contributed by atoms with Gasteiger partial charge in [0.25, 0.3) is 11.5 Å². The Labute approximate surface area is 204 Å². The third-order valence-electron chi connectivity index (χ3n) is 5.93. The van der Waals surface area contributed by atoms with Gasteiger partial charge in [-0.3, -0.25) is 19.1 Å². The third-order valence-corrected chi connectivity index (χ3v) is 5.93. The maximum Gasteiger partial charge on any atom is 0.329 e. The van der Waals surface area contributed by atoms with E-state index in [0.717, 1.165) is 12.8 Å². The van der Waals surface area contributed by atoms with Crippen molar-refractivity contribution in [1.82, 2.24) is 19.9 Å². The van der Waals surface area contributed by atoms with Crippen molar-refractivity contribution in [3.8, 4) is 0 Å². The van der Waals surface area contributed by atoms with Gasteiger partial charge < -0.3 is 20.4 Å². The number of nitrogens with one attached hydrogen (secondary N) is 4. The lowest BCUT2D eigenvalue weighted by molar-refractivity contribution is 0.102. The zero-order valence-corrected chi connectivity index (χ0v) is 19.5. The highest BCUT2D eigenvalue weighted by Crippen LogP contribution is 2.40. The number of hydrogen-bond acceptors (Lipinski definition) is 6. The zero-order valence-electron chi connectivity index (χ0n) is 19.5. The number of anilines is 2. The summed E-state index contributed by atoms with van der Waals surface area (Å²) in [6, 6.07) is 11.3. The van der Waals surface area contributed by atoms with E-state index in [0.29, 0.717) is 29.4 Å². The van der Waals surface area contributed by atoms with Gasteiger partial charge in [0.15, 0.2) is 5.65 Å². The number of carbonyl (C=O) groups is 2. The molecule has 0 spiro atoms. The summed E-state index contributed by atoms with van der Waals surface area (Å²) in [5.74, 6) is 0.351. The number of hydrogen-bond donors (Lipinski definition) is 4. The summed E-state index contributed by atoms with van der Waals surface area (Å²) in [5.41, 5.74) is 0.849. The van der Waals surface area contributed by atoms with Gasteiger partial charge in [-0.05, 0) is 62.2 Å². The van der Waals surface area contributed by atoms with E-state index in [9.17, 15) is 19.2 Å². The summed E-state index contributed by atoms with van der Waals surface area (Å²) in [5, 5.41) is 8.25. The van der Waals surface area contributed by atoms with Crippen molar-refractivity contribution >= 4 is 34.3 Å². The summed E-state index contributed by atoms with van der Waals surface area (Å²) < 4.78 is 6.53. The van der Waals surface area contributed by atoms with Crippen LogP contribution in [0.15, 0.2) is 62.7 Å². The molecule has 1 aromatic carbocycles. The van der Waals surface area contributed by atoms with E-state index in [2.05, 4.69) is 25.9 Å². The second kappa shape index (κ2) is 9.53. The molecule has 0 saturated heterocycles. The van der Waals surface area contributed by atoms with E-state index in [1.54, 1.807) is 49.4 Å². The van der Waals surface area contributed by atoms with Gasteiger partial charge >= 0.3 is 11.7 Å². The Morgan fingerprint density at radius 3 is 2.47 bits per heavy atom. The molecule has 1 aliphatic carbocycles. The molecule has 3 heterocycles. The van der Waals surface area contributed by atoms with Gasteiger partial charge in [0, 0.05) is 29.5 Å². The van der Waals surface area contributed by atoms with E-state index in [4.69, 9.17) is 4.42 Å². The Balaban J connectivity index is 1.35. The largest absolute Gasteiger partial charge is 0.467 e. The Kier molecular flexibility index (Phi) is 6.11.